The Morgan fingerprint density at radius 1 is 1.56 bits per heavy atom. The van der Waals surface area contributed by atoms with Crippen LogP contribution in [0.25, 0.3) is 0 Å². The lowest BCUT2D eigenvalue weighted by Crippen LogP contribution is -2.10. The van der Waals surface area contributed by atoms with Gasteiger partial charge in [-0.15, -0.1) is 0 Å². The average Bonchev–Trinajstić information content (AvgIpc) is 2.50. The summed E-state index contributed by atoms with van der Waals surface area (Å²) in [7, 11) is 0. The fourth-order valence-electron chi connectivity index (χ4n) is 2.10. The van der Waals surface area contributed by atoms with Gasteiger partial charge in [0, 0.05) is 11.9 Å². The van der Waals surface area contributed by atoms with E-state index in [4.69, 9.17) is 5.11 Å². The Hall–Kier alpha value is -1.25. The number of nitrogens with zero attached hydrogens (tertiary/aromatic N) is 1. The molecule has 0 aliphatic heterocycles. The van der Waals surface area contributed by atoms with Crippen LogP contribution in [-0.2, 0) is 17.8 Å². The Morgan fingerprint density at radius 3 is 2.81 bits per heavy atom. The number of rotatable bonds is 6. The highest BCUT2D eigenvalue weighted by molar-refractivity contribution is 5.66. The van der Waals surface area contributed by atoms with E-state index in [1.54, 1.807) is 4.57 Å². The van der Waals surface area contributed by atoms with Gasteiger partial charge in [0.05, 0.1) is 0 Å². The quantitative estimate of drug-likeness (QED) is 0.805. The monoisotopic (exact) mass is 223 g/mol. The van der Waals surface area contributed by atoms with Gasteiger partial charge in [0.2, 0.25) is 0 Å². The summed E-state index contributed by atoms with van der Waals surface area (Å²) in [6.07, 6.45) is 5.35. The van der Waals surface area contributed by atoms with Gasteiger partial charge in [-0.25, -0.2) is 0 Å². The Bertz CT molecular complexity index is 355. The van der Waals surface area contributed by atoms with Crippen LogP contribution in [0.4, 0.5) is 0 Å². The molecule has 0 fully saturated rings. The zero-order valence-electron chi connectivity index (χ0n) is 10.4. The number of carbonyl (C=O) groups is 1. The van der Waals surface area contributed by atoms with Crippen molar-refractivity contribution in [2.45, 2.75) is 46.6 Å². The molecular weight excluding hydrogens is 202 g/mol. The third kappa shape index (κ3) is 3.40. The van der Waals surface area contributed by atoms with Crippen LogP contribution in [0.2, 0.25) is 0 Å². The summed E-state index contributed by atoms with van der Waals surface area (Å²) >= 11 is 0. The number of hydrogen-bond donors (Lipinski definition) is 1. The number of hydrogen-bond acceptors (Lipinski definition) is 1. The molecule has 0 bridgehead atoms. The van der Waals surface area contributed by atoms with Crippen LogP contribution in [0, 0.1) is 12.8 Å². The smallest absolute Gasteiger partial charge is 0.323 e. The molecule has 0 spiro atoms. The fourth-order valence-corrected chi connectivity index (χ4v) is 2.10. The van der Waals surface area contributed by atoms with Gasteiger partial charge in [-0.05, 0) is 30.9 Å². The second kappa shape index (κ2) is 5.73. The van der Waals surface area contributed by atoms with Gasteiger partial charge < -0.3 is 9.67 Å². The van der Waals surface area contributed by atoms with Crippen molar-refractivity contribution < 1.29 is 9.90 Å². The number of carboxylic acid groups (broad SMARTS) is 1. The molecule has 16 heavy (non-hydrogen) atoms. The molecule has 1 N–H and O–H groups in total. The van der Waals surface area contributed by atoms with Crippen LogP contribution in [0.1, 0.15) is 37.9 Å². The number of aliphatic carboxylic acids is 1. The van der Waals surface area contributed by atoms with Crippen molar-refractivity contribution in [3.8, 4) is 0 Å². The molecule has 1 rings (SSSR count). The number of aromatic nitrogens is 1. The molecule has 0 amide bonds. The van der Waals surface area contributed by atoms with E-state index < -0.39 is 5.97 Å². The molecule has 1 atom stereocenters. The minimum absolute atomic E-state index is 0.0635. The van der Waals surface area contributed by atoms with E-state index in [1.165, 1.54) is 18.4 Å². The van der Waals surface area contributed by atoms with Crippen LogP contribution in [0.15, 0.2) is 12.3 Å². The van der Waals surface area contributed by atoms with Gasteiger partial charge in [-0.2, -0.15) is 0 Å². The molecule has 1 unspecified atom stereocenters. The molecule has 1 heterocycles. The summed E-state index contributed by atoms with van der Waals surface area (Å²) < 4.78 is 1.80. The van der Waals surface area contributed by atoms with Crippen molar-refractivity contribution in [1.29, 1.82) is 0 Å². The van der Waals surface area contributed by atoms with Gasteiger partial charge in [0.1, 0.15) is 6.54 Å². The van der Waals surface area contributed by atoms with E-state index in [0.717, 1.165) is 12.1 Å². The predicted molar refractivity (Wildman–Crippen MR) is 64.6 cm³/mol. The van der Waals surface area contributed by atoms with Crippen LogP contribution in [0.5, 0.6) is 0 Å². The maximum Gasteiger partial charge on any atom is 0.323 e. The molecule has 0 radical (unpaired) electrons. The number of carboxylic acids is 1. The lowest BCUT2D eigenvalue weighted by Gasteiger charge is -2.10. The third-order valence-electron chi connectivity index (χ3n) is 3.01. The molecule has 0 aliphatic carbocycles. The molecule has 0 aromatic carbocycles. The highest BCUT2D eigenvalue weighted by Gasteiger charge is 2.10. The summed E-state index contributed by atoms with van der Waals surface area (Å²) in [5, 5.41) is 8.75. The first kappa shape index (κ1) is 12.8. The summed E-state index contributed by atoms with van der Waals surface area (Å²) in [5.41, 5.74) is 2.37. The third-order valence-corrected chi connectivity index (χ3v) is 3.01. The van der Waals surface area contributed by atoms with E-state index in [2.05, 4.69) is 13.8 Å². The fraction of sp³-hybridized carbons (Fsp3) is 0.615. The minimum Gasteiger partial charge on any atom is -0.480 e. The van der Waals surface area contributed by atoms with Gasteiger partial charge in [-0.3, -0.25) is 4.79 Å². The highest BCUT2D eigenvalue weighted by Crippen LogP contribution is 2.17. The second-order valence-electron chi connectivity index (χ2n) is 4.55. The first-order valence-corrected chi connectivity index (χ1v) is 5.91. The van der Waals surface area contributed by atoms with E-state index in [0.29, 0.717) is 5.92 Å². The van der Waals surface area contributed by atoms with Crippen LogP contribution >= 0.6 is 0 Å². The maximum atomic E-state index is 10.6. The minimum atomic E-state index is -0.785. The topological polar surface area (TPSA) is 42.2 Å². The second-order valence-corrected chi connectivity index (χ2v) is 4.55. The largest absolute Gasteiger partial charge is 0.480 e. The standard InChI is InChI=1S/C13H21NO2/c1-4-5-10(2)8-12-6-7-14(11(12)3)9-13(15)16/h6-7,10H,4-5,8-9H2,1-3H3,(H,15,16). The summed E-state index contributed by atoms with van der Waals surface area (Å²) in [5.74, 6) is -0.115. The van der Waals surface area contributed by atoms with Crippen molar-refractivity contribution in [1.82, 2.24) is 4.57 Å². The molecule has 0 saturated carbocycles. The molecule has 0 aliphatic rings. The maximum absolute atomic E-state index is 10.6. The average molecular weight is 223 g/mol. The van der Waals surface area contributed by atoms with Crippen LogP contribution < -0.4 is 0 Å². The first-order valence-electron chi connectivity index (χ1n) is 5.91. The molecule has 3 heteroatoms. The Balaban J connectivity index is 2.68. The molecular formula is C13H21NO2. The van der Waals surface area contributed by atoms with Crippen LogP contribution in [0.3, 0.4) is 0 Å². The molecule has 1 aromatic heterocycles. The van der Waals surface area contributed by atoms with Crippen molar-refractivity contribution in [2.24, 2.45) is 5.92 Å². The Kier molecular flexibility index (Phi) is 4.59. The summed E-state index contributed by atoms with van der Waals surface area (Å²) in [4.78, 5) is 10.6. The van der Waals surface area contributed by atoms with Gasteiger partial charge in [0.15, 0.2) is 0 Å². The first-order chi connectivity index (χ1) is 7.54. The van der Waals surface area contributed by atoms with Gasteiger partial charge in [-0.1, -0.05) is 26.7 Å². The molecule has 0 saturated heterocycles. The van der Waals surface area contributed by atoms with Crippen LogP contribution in [-0.4, -0.2) is 15.6 Å². The lowest BCUT2D eigenvalue weighted by molar-refractivity contribution is -0.137. The SMILES string of the molecule is CCCC(C)Cc1ccn(CC(=O)O)c1C. The zero-order chi connectivity index (χ0) is 12.1. The van der Waals surface area contributed by atoms with E-state index in [1.807, 2.05) is 19.2 Å². The van der Waals surface area contributed by atoms with Crippen molar-refractivity contribution >= 4 is 5.97 Å². The Labute approximate surface area is 97.1 Å². The summed E-state index contributed by atoms with van der Waals surface area (Å²) in [6.45, 7) is 6.50. The Morgan fingerprint density at radius 2 is 2.25 bits per heavy atom. The van der Waals surface area contributed by atoms with Crippen molar-refractivity contribution in [2.75, 3.05) is 0 Å². The van der Waals surface area contributed by atoms with Crippen molar-refractivity contribution in [3.63, 3.8) is 0 Å². The van der Waals surface area contributed by atoms with E-state index >= 15 is 0 Å². The van der Waals surface area contributed by atoms with Crippen molar-refractivity contribution in [3.05, 3.63) is 23.5 Å². The van der Waals surface area contributed by atoms with E-state index in [-0.39, 0.29) is 6.54 Å². The summed E-state index contributed by atoms with van der Waals surface area (Å²) in [6, 6.07) is 2.05. The predicted octanol–water partition coefficient (Wildman–Crippen LogP) is 2.86. The molecule has 1 aromatic rings. The van der Waals surface area contributed by atoms with Gasteiger partial charge in [0.25, 0.3) is 0 Å². The highest BCUT2D eigenvalue weighted by atomic mass is 16.4. The molecule has 90 valence electrons. The van der Waals surface area contributed by atoms with Gasteiger partial charge >= 0.3 is 5.97 Å². The normalized spacial score (nSPS) is 12.7. The lowest BCUT2D eigenvalue weighted by atomic mass is 9.97. The zero-order valence-corrected chi connectivity index (χ0v) is 10.4. The van der Waals surface area contributed by atoms with E-state index in [9.17, 15) is 4.79 Å². The molecule has 3 nitrogen and oxygen atoms in total.